The van der Waals surface area contributed by atoms with Gasteiger partial charge in [-0.1, -0.05) is 4.73 Å². The third kappa shape index (κ3) is 2.00. The number of aromatic nitrogens is 2. The predicted molar refractivity (Wildman–Crippen MR) is 76.7 cm³/mol. The third-order valence-corrected chi connectivity index (χ3v) is 3.95. The number of halogens is 1. The van der Waals surface area contributed by atoms with Crippen LogP contribution in [0.1, 0.15) is 19.8 Å². The summed E-state index contributed by atoms with van der Waals surface area (Å²) < 4.78 is 15.5. The summed E-state index contributed by atoms with van der Waals surface area (Å²) in [5.74, 6) is -0.511. The van der Waals surface area contributed by atoms with Gasteiger partial charge in [0.05, 0.1) is 16.6 Å². The van der Waals surface area contributed by atoms with Crippen LogP contribution in [-0.2, 0) is 6.54 Å². The van der Waals surface area contributed by atoms with Gasteiger partial charge in [0.15, 0.2) is 0 Å². The Labute approximate surface area is 119 Å². The van der Waals surface area contributed by atoms with Crippen molar-refractivity contribution in [3.05, 3.63) is 38.8 Å². The van der Waals surface area contributed by atoms with Crippen molar-refractivity contribution in [2.45, 2.75) is 26.3 Å². The highest BCUT2D eigenvalue weighted by Crippen LogP contribution is 2.27. The third-order valence-electron chi connectivity index (χ3n) is 3.95. The molecule has 0 radical (unpaired) electrons. The lowest BCUT2D eigenvalue weighted by atomic mass is 10.2. The van der Waals surface area contributed by atoms with Crippen LogP contribution in [0.2, 0.25) is 0 Å². The van der Waals surface area contributed by atoms with E-state index in [0.717, 1.165) is 32.0 Å². The van der Waals surface area contributed by atoms with E-state index in [4.69, 9.17) is 0 Å². The van der Waals surface area contributed by atoms with Crippen LogP contribution in [-0.4, -0.2) is 27.6 Å². The van der Waals surface area contributed by atoms with Gasteiger partial charge in [-0.05, 0) is 31.9 Å². The molecule has 1 saturated heterocycles. The molecular formula is C14H16FN3O3. The molecule has 1 N–H and O–H groups in total. The van der Waals surface area contributed by atoms with Crippen molar-refractivity contribution in [3.8, 4) is 0 Å². The van der Waals surface area contributed by atoms with Gasteiger partial charge in [-0.3, -0.25) is 9.36 Å². The van der Waals surface area contributed by atoms with Crippen LogP contribution in [0.25, 0.3) is 10.9 Å². The van der Waals surface area contributed by atoms with Crippen molar-refractivity contribution in [2.24, 2.45) is 0 Å². The number of nitrogens with zero attached hydrogens (tertiary/aromatic N) is 3. The maximum atomic E-state index is 14.3. The van der Waals surface area contributed by atoms with E-state index in [1.807, 2.05) is 4.90 Å². The molecule has 0 spiro atoms. The zero-order valence-electron chi connectivity index (χ0n) is 11.7. The molecule has 21 heavy (non-hydrogen) atoms. The highest BCUT2D eigenvalue weighted by atomic mass is 19.1. The number of anilines is 1. The Morgan fingerprint density at radius 2 is 1.90 bits per heavy atom. The fourth-order valence-corrected chi connectivity index (χ4v) is 2.87. The Bertz CT molecular complexity index is 819. The van der Waals surface area contributed by atoms with Crippen molar-refractivity contribution in [1.82, 2.24) is 9.30 Å². The maximum absolute atomic E-state index is 14.3. The summed E-state index contributed by atoms with van der Waals surface area (Å²) in [6.07, 6.45) is 1.99. The average Bonchev–Trinajstić information content (AvgIpc) is 3.00. The van der Waals surface area contributed by atoms with Crippen LogP contribution in [0.5, 0.6) is 0 Å². The summed E-state index contributed by atoms with van der Waals surface area (Å²) >= 11 is 0. The molecule has 112 valence electrons. The molecule has 0 unspecified atom stereocenters. The molecule has 6 nitrogen and oxygen atoms in total. The molecule has 0 atom stereocenters. The first-order valence-corrected chi connectivity index (χ1v) is 6.98. The average molecular weight is 293 g/mol. The minimum Gasteiger partial charge on any atom is -0.421 e. The maximum Gasteiger partial charge on any atom is 0.364 e. The molecule has 2 heterocycles. The van der Waals surface area contributed by atoms with Gasteiger partial charge in [0.1, 0.15) is 5.82 Å². The van der Waals surface area contributed by atoms with E-state index in [0.29, 0.717) is 11.2 Å². The van der Waals surface area contributed by atoms with Crippen molar-refractivity contribution in [2.75, 3.05) is 18.0 Å². The summed E-state index contributed by atoms with van der Waals surface area (Å²) in [6.45, 7) is 3.52. The van der Waals surface area contributed by atoms with Gasteiger partial charge in [0.25, 0.3) is 5.56 Å². The topological polar surface area (TPSA) is 67.5 Å². The molecule has 1 aliphatic heterocycles. The number of hydrogen-bond acceptors (Lipinski definition) is 4. The number of fused-ring (bicyclic) bond motifs is 1. The summed E-state index contributed by atoms with van der Waals surface area (Å²) in [7, 11) is 0. The number of hydrogen-bond donors (Lipinski definition) is 1. The summed E-state index contributed by atoms with van der Waals surface area (Å²) in [4.78, 5) is 25.7. The molecular weight excluding hydrogens is 277 g/mol. The number of aryl methyl sites for hydroxylation is 1. The van der Waals surface area contributed by atoms with Gasteiger partial charge in [0, 0.05) is 19.6 Å². The lowest BCUT2D eigenvalue weighted by Gasteiger charge is -2.20. The van der Waals surface area contributed by atoms with Crippen molar-refractivity contribution in [1.29, 1.82) is 0 Å². The number of rotatable bonds is 2. The van der Waals surface area contributed by atoms with Gasteiger partial charge in [-0.2, -0.15) is 0 Å². The summed E-state index contributed by atoms with van der Waals surface area (Å²) in [6, 6.07) is 2.63. The van der Waals surface area contributed by atoms with Gasteiger partial charge in [-0.25, -0.2) is 9.18 Å². The Hall–Kier alpha value is -2.31. The molecule has 1 fully saturated rings. The Morgan fingerprint density at radius 3 is 2.52 bits per heavy atom. The highest BCUT2D eigenvalue weighted by molar-refractivity contribution is 5.82. The molecule has 2 aromatic rings. The first-order chi connectivity index (χ1) is 10.0. The van der Waals surface area contributed by atoms with Crippen molar-refractivity contribution < 1.29 is 9.60 Å². The van der Waals surface area contributed by atoms with Crippen LogP contribution < -0.4 is 16.1 Å². The predicted octanol–water partition coefficient (Wildman–Crippen LogP) is 1.16. The number of benzene rings is 1. The fraction of sp³-hybridized carbons (Fsp3) is 0.429. The van der Waals surface area contributed by atoms with Crippen LogP contribution in [0.15, 0.2) is 21.7 Å². The standard InChI is InChI=1S/C14H16FN3O3/c1-2-17-11-8-12(16-5-3-4-6-16)10(15)7-9(11)13(19)18(21)14(17)20/h7-8,21H,2-6H2,1H3. The second-order valence-electron chi connectivity index (χ2n) is 5.16. The van der Waals surface area contributed by atoms with Crippen molar-refractivity contribution in [3.63, 3.8) is 0 Å². The van der Waals surface area contributed by atoms with Crippen LogP contribution >= 0.6 is 0 Å². The quantitative estimate of drug-likeness (QED) is 0.844. The molecule has 1 aliphatic rings. The highest BCUT2D eigenvalue weighted by Gasteiger charge is 2.20. The monoisotopic (exact) mass is 293 g/mol. The van der Waals surface area contributed by atoms with E-state index in [-0.39, 0.29) is 16.7 Å². The molecule has 3 rings (SSSR count). The minimum absolute atomic E-state index is 0.000558. The minimum atomic E-state index is -0.897. The van der Waals surface area contributed by atoms with E-state index in [1.54, 1.807) is 6.92 Å². The van der Waals surface area contributed by atoms with E-state index in [2.05, 4.69) is 0 Å². The molecule has 0 amide bonds. The van der Waals surface area contributed by atoms with E-state index in [9.17, 15) is 19.2 Å². The van der Waals surface area contributed by atoms with Crippen LogP contribution in [0.4, 0.5) is 10.1 Å². The van der Waals surface area contributed by atoms with E-state index in [1.165, 1.54) is 10.6 Å². The Kier molecular flexibility index (Phi) is 3.19. The SMILES string of the molecule is CCn1c(=O)n(O)c(=O)c2cc(F)c(N3CCCC3)cc21. The van der Waals surface area contributed by atoms with Gasteiger partial charge < -0.3 is 10.1 Å². The first-order valence-electron chi connectivity index (χ1n) is 6.98. The summed E-state index contributed by atoms with van der Waals surface area (Å²) in [5.41, 5.74) is -0.960. The zero-order valence-corrected chi connectivity index (χ0v) is 11.7. The molecule has 1 aromatic heterocycles. The largest absolute Gasteiger partial charge is 0.421 e. The second kappa shape index (κ2) is 4.91. The van der Waals surface area contributed by atoms with Crippen LogP contribution in [0.3, 0.4) is 0 Å². The van der Waals surface area contributed by atoms with Gasteiger partial charge >= 0.3 is 5.69 Å². The van der Waals surface area contributed by atoms with Gasteiger partial charge in [-0.15, -0.1) is 0 Å². The Morgan fingerprint density at radius 1 is 1.24 bits per heavy atom. The molecule has 0 saturated carbocycles. The van der Waals surface area contributed by atoms with Crippen LogP contribution in [0, 0.1) is 5.82 Å². The van der Waals surface area contributed by atoms with E-state index >= 15 is 0 Å². The normalized spacial score (nSPS) is 15.0. The van der Waals surface area contributed by atoms with Crippen molar-refractivity contribution >= 4 is 16.6 Å². The summed E-state index contributed by atoms with van der Waals surface area (Å²) in [5, 5.41) is 9.53. The lowest BCUT2D eigenvalue weighted by molar-refractivity contribution is 0.157. The van der Waals surface area contributed by atoms with Gasteiger partial charge in [0.2, 0.25) is 0 Å². The molecule has 7 heteroatoms. The van der Waals surface area contributed by atoms with E-state index < -0.39 is 17.1 Å². The second-order valence-corrected chi connectivity index (χ2v) is 5.16. The first kappa shape index (κ1) is 13.7. The Balaban J connectivity index is 2.36. The fourth-order valence-electron chi connectivity index (χ4n) is 2.87. The zero-order chi connectivity index (χ0) is 15.1. The molecule has 0 aliphatic carbocycles. The lowest BCUT2D eigenvalue weighted by Crippen LogP contribution is -2.38. The molecule has 0 bridgehead atoms. The smallest absolute Gasteiger partial charge is 0.364 e. The molecule has 1 aromatic carbocycles.